The molecule has 3 nitrogen and oxygen atoms in total. The van der Waals surface area contributed by atoms with Gasteiger partial charge in [0.2, 0.25) is 11.8 Å². The Kier molecular flexibility index (Phi) is 2.01. The topological polar surface area (TPSA) is 37.4 Å². The normalized spacial score (nSPS) is 26.9. The van der Waals surface area contributed by atoms with Crippen LogP contribution in [0.5, 0.6) is 0 Å². The number of hydrogen-bond donors (Lipinski definition) is 0. The van der Waals surface area contributed by atoms with E-state index >= 15 is 0 Å². The zero-order valence-electron chi connectivity index (χ0n) is 8.26. The first-order valence-corrected chi connectivity index (χ1v) is 5.79. The van der Waals surface area contributed by atoms with Gasteiger partial charge in [-0.05, 0) is 24.3 Å². The van der Waals surface area contributed by atoms with Crippen LogP contribution in [0.25, 0.3) is 0 Å². The van der Waals surface area contributed by atoms with Gasteiger partial charge in [-0.1, -0.05) is 28.1 Å². The Morgan fingerprint density at radius 2 is 1.44 bits per heavy atom. The molecular formula is C12H8BrNO2. The van der Waals surface area contributed by atoms with E-state index in [2.05, 4.69) is 15.9 Å². The molecule has 0 aromatic heterocycles. The molecule has 16 heavy (non-hydrogen) atoms. The molecule has 0 saturated carbocycles. The highest BCUT2D eigenvalue weighted by Crippen LogP contribution is 2.38. The molecule has 1 saturated heterocycles. The van der Waals surface area contributed by atoms with Crippen molar-refractivity contribution in [3.05, 3.63) is 40.9 Å². The molecule has 2 atom stereocenters. The van der Waals surface area contributed by atoms with Crippen LogP contribution < -0.4 is 4.90 Å². The van der Waals surface area contributed by atoms with E-state index in [1.54, 1.807) is 24.3 Å². The minimum absolute atomic E-state index is 0.111. The van der Waals surface area contributed by atoms with Crippen LogP contribution >= 0.6 is 15.9 Å². The maximum Gasteiger partial charge on any atom is 0.241 e. The summed E-state index contributed by atoms with van der Waals surface area (Å²) in [6.45, 7) is 0. The van der Waals surface area contributed by atoms with Crippen LogP contribution in [-0.2, 0) is 9.59 Å². The van der Waals surface area contributed by atoms with Crippen LogP contribution in [-0.4, -0.2) is 11.8 Å². The summed E-state index contributed by atoms with van der Waals surface area (Å²) in [7, 11) is 0. The third kappa shape index (κ3) is 1.19. The molecule has 0 radical (unpaired) electrons. The number of halogens is 1. The molecule has 1 aliphatic heterocycles. The van der Waals surface area contributed by atoms with E-state index in [9.17, 15) is 9.59 Å². The molecule has 4 heteroatoms. The number of benzene rings is 1. The average molecular weight is 278 g/mol. The Morgan fingerprint density at radius 3 is 1.88 bits per heavy atom. The minimum Gasteiger partial charge on any atom is -0.273 e. The van der Waals surface area contributed by atoms with Crippen molar-refractivity contribution in [1.82, 2.24) is 0 Å². The number of amides is 2. The first-order valence-electron chi connectivity index (χ1n) is 5.00. The Labute approximate surface area is 101 Å². The van der Waals surface area contributed by atoms with E-state index in [4.69, 9.17) is 0 Å². The Balaban J connectivity index is 1.99. The molecule has 2 unspecified atom stereocenters. The predicted octanol–water partition coefficient (Wildman–Crippen LogP) is 2.12. The lowest BCUT2D eigenvalue weighted by Gasteiger charge is -2.14. The van der Waals surface area contributed by atoms with Crippen LogP contribution in [0.15, 0.2) is 40.9 Å². The second-order valence-corrected chi connectivity index (χ2v) is 4.84. The molecule has 2 aliphatic rings. The average Bonchev–Trinajstić information content (AvgIpc) is 2.34. The molecule has 1 aromatic rings. The highest BCUT2D eigenvalue weighted by Gasteiger charge is 2.49. The quantitative estimate of drug-likeness (QED) is 0.583. The third-order valence-corrected chi connectivity index (χ3v) is 3.54. The molecule has 3 rings (SSSR count). The summed E-state index contributed by atoms with van der Waals surface area (Å²) in [6, 6.07) is 7.18. The zero-order valence-corrected chi connectivity index (χ0v) is 9.85. The molecule has 2 amide bonds. The van der Waals surface area contributed by atoms with Gasteiger partial charge in [0, 0.05) is 4.47 Å². The largest absolute Gasteiger partial charge is 0.273 e. The monoisotopic (exact) mass is 277 g/mol. The van der Waals surface area contributed by atoms with Gasteiger partial charge in [-0.15, -0.1) is 0 Å². The van der Waals surface area contributed by atoms with Crippen molar-refractivity contribution in [1.29, 1.82) is 0 Å². The summed E-state index contributed by atoms with van der Waals surface area (Å²) in [5.41, 5.74) is 0.648. The van der Waals surface area contributed by atoms with Crippen LogP contribution in [0.4, 0.5) is 5.69 Å². The highest BCUT2D eigenvalue weighted by molar-refractivity contribution is 9.10. The van der Waals surface area contributed by atoms with Crippen molar-refractivity contribution >= 4 is 33.4 Å². The lowest BCUT2D eigenvalue weighted by molar-refractivity contribution is -0.121. The van der Waals surface area contributed by atoms with Gasteiger partial charge in [-0.2, -0.15) is 0 Å². The summed E-state index contributed by atoms with van der Waals surface area (Å²) in [6.07, 6.45) is 3.59. The van der Waals surface area contributed by atoms with Crippen molar-refractivity contribution in [2.45, 2.75) is 0 Å². The first kappa shape index (κ1) is 9.78. The maximum absolute atomic E-state index is 11.9. The Morgan fingerprint density at radius 1 is 0.938 bits per heavy atom. The molecule has 1 heterocycles. The zero-order chi connectivity index (χ0) is 11.3. The second-order valence-electron chi connectivity index (χ2n) is 3.92. The molecule has 1 aromatic carbocycles. The summed E-state index contributed by atoms with van der Waals surface area (Å²) in [4.78, 5) is 25.1. The summed E-state index contributed by atoms with van der Waals surface area (Å²) >= 11 is 3.32. The molecule has 0 N–H and O–H groups in total. The number of nitrogens with zero attached hydrogens (tertiary/aromatic N) is 1. The minimum atomic E-state index is -0.226. The molecule has 0 bridgehead atoms. The number of fused-ring (bicyclic) bond motifs is 1. The standard InChI is InChI=1S/C12H8BrNO2/c13-7-1-3-8(4-2-7)14-11(15)9-5-6-10(9)12(14)16/h1-6,9-10H. The predicted molar refractivity (Wildman–Crippen MR) is 62.8 cm³/mol. The first-order chi connectivity index (χ1) is 7.68. The number of imide groups is 1. The lowest BCUT2D eigenvalue weighted by Crippen LogP contribution is -2.30. The summed E-state index contributed by atoms with van der Waals surface area (Å²) in [5, 5.41) is 0. The van der Waals surface area contributed by atoms with Crippen molar-refractivity contribution in [2.24, 2.45) is 11.8 Å². The second kappa shape index (κ2) is 3.28. The van der Waals surface area contributed by atoms with Crippen LogP contribution in [0.1, 0.15) is 0 Å². The van der Waals surface area contributed by atoms with E-state index in [-0.39, 0.29) is 23.7 Å². The van der Waals surface area contributed by atoms with Gasteiger partial charge in [-0.25, -0.2) is 4.90 Å². The van der Waals surface area contributed by atoms with Gasteiger partial charge in [0.25, 0.3) is 0 Å². The van der Waals surface area contributed by atoms with Crippen LogP contribution in [0.2, 0.25) is 0 Å². The smallest absolute Gasteiger partial charge is 0.241 e. The van der Waals surface area contributed by atoms with E-state index < -0.39 is 0 Å². The number of carbonyl (C=O) groups is 2. The van der Waals surface area contributed by atoms with Crippen LogP contribution in [0, 0.1) is 11.8 Å². The molecule has 80 valence electrons. The fourth-order valence-electron chi connectivity index (χ4n) is 2.06. The fourth-order valence-corrected chi connectivity index (χ4v) is 2.32. The van der Waals surface area contributed by atoms with E-state index in [0.29, 0.717) is 5.69 Å². The van der Waals surface area contributed by atoms with Gasteiger partial charge < -0.3 is 0 Å². The summed E-state index contributed by atoms with van der Waals surface area (Å²) in [5.74, 6) is -0.674. The maximum atomic E-state index is 11.9. The third-order valence-electron chi connectivity index (χ3n) is 3.01. The molecule has 1 aliphatic carbocycles. The molecular weight excluding hydrogens is 270 g/mol. The van der Waals surface area contributed by atoms with Gasteiger partial charge >= 0.3 is 0 Å². The van der Waals surface area contributed by atoms with E-state index in [1.165, 1.54) is 4.90 Å². The van der Waals surface area contributed by atoms with Gasteiger partial charge in [0.1, 0.15) is 0 Å². The number of hydrogen-bond acceptors (Lipinski definition) is 2. The van der Waals surface area contributed by atoms with Crippen molar-refractivity contribution in [2.75, 3.05) is 4.90 Å². The van der Waals surface area contributed by atoms with Crippen molar-refractivity contribution < 1.29 is 9.59 Å². The fraction of sp³-hybridized carbons (Fsp3) is 0.167. The van der Waals surface area contributed by atoms with Crippen molar-refractivity contribution in [3.63, 3.8) is 0 Å². The molecule has 0 spiro atoms. The SMILES string of the molecule is O=C1C2C=CC2C(=O)N1c1ccc(Br)cc1. The Hall–Kier alpha value is -1.42. The number of carbonyl (C=O) groups excluding carboxylic acids is 2. The van der Waals surface area contributed by atoms with Gasteiger partial charge in [0.15, 0.2) is 0 Å². The van der Waals surface area contributed by atoms with Crippen molar-refractivity contribution in [3.8, 4) is 0 Å². The van der Waals surface area contributed by atoms with Crippen LogP contribution in [0.3, 0.4) is 0 Å². The summed E-state index contributed by atoms with van der Waals surface area (Å²) < 4.78 is 0.927. The van der Waals surface area contributed by atoms with Gasteiger partial charge in [-0.3, -0.25) is 9.59 Å². The van der Waals surface area contributed by atoms with Gasteiger partial charge in [0.05, 0.1) is 17.5 Å². The highest BCUT2D eigenvalue weighted by atomic mass is 79.9. The Bertz CT molecular complexity index is 482. The van der Waals surface area contributed by atoms with E-state index in [0.717, 1.165) is 4.47 Å². The molecule has 1 fully saturated rings. The number of anilines is 1. The number of rotatable bonds is 1. The lowest BCUT2D eigenvalue weighted by atomic mass is 9.85. The van der Waals surface area contributed by atoms with E-state index in [1.807, 2.05) is 12.1 Å².